The molecule has 0 spiro atoms. The van der Waals surface area contributed by atoms with Crippen LogP contribution in [-0.2, 0) is 19.8 Å². The number of ether oxygens (including phenoxy) is 6. The van der Waals surface area contributed by atoms with Crippen molar-refractivity contribution in [2.45, 2.75) is 106 Å². The van der Waals surface area contributed by atoms with Crippen LogP contribution >= 0.6 is 85.5 Å². The number of aromatic amines is 1. The van der Waals surface area contributed by atoms with E-state index in [1.807, 2.05) is 92.6 Å². The molecule has 3 aliphatic rings. The van der Waals surface area contributed by atoms with Gasteiger partial charge in [-0.15, -0.1) is 0 Å². The second-order valence-electron chi connectivity index (χ2n) is 28.5. The van der Waals surface area contributed by atoms with Crippen LogP contribution in [-0.4, -0.2) is 147 Å². The van der Waals surface area contributed by atoms with Crippen LogP contribution in [0.2, 0.25) is 30.1 Å². The van der Waals surface area contributed by atoms with Gasteiger partial charge in [0.05, 0.1) is 78.4 Å². The van der Waals surface area contributed by atoms with E-state index in [2.05, 4.69) is 31.2 Å². The summed E-state index contributed by atoms with van der Waals surface area (Å²) in [5, 5.41) is 50.3. The van der Waals surface area contributed by atoms with Crippen molar-refractivity contribution in [1.82, 2.24) is 64.0 Å². The minimum Gasteiger partial charge on any atom is -0.812 e. The number of rotatable bonds is 11. The van der Waals surface area contributed by atoms with Crippen LogP contribution in [0.1, 0.15) is 117 Å². The van der Waals surface area contributed by atoms with Crippen molar-refractivity contribution in [2.75, 3.05) is 42.5 Å². The number of hydrogen-bond acceptors (Lipinski definition) is 18. The molecule has 0 atom stereocenters. The number of H-pyrrole nitrogens is 1. The maximum atomic E-state index is 13.7. The molecule has 4 amide bonds. The summed E-state index contributed by atoms with van der Waals surface area (Å²) in [6.45, 7) is 19.6. The van der Waals surface area contributed by atoms with Gasteiger partial charge in [0.25, 0.3) is 17.7 Å². The third kappa shape index (κ3) is 18.5. The quantitative estimate of drug-likeness (QED) is 0.0897. The van der Waals surface area contributed by atoms with Crippen molar-refractivity contribution >= 4 is 109 Å². The van der Waals surface area contributed by atoms with Crippen LogP contribution in [0, 0.1) is 22.8 Å². The number of carbonyl (C=O) groups excluding carboxylic acids is 4. The second-order valence-corrected chi connectivity index (χ2v) is 32.0. The van der Waals surface area contributed by atoms with Crippen molar-refractivity contribution in [3.05, 3.63) is 184 Å². The third-order valence-corrected chi connectivity index (χ3v) is 20.4. The Kier molecular flexibility index (Phi) is 27.7. The number of carbonyl (C=O) groups is 4. The predicted octanol–water partition coefficient (Wildman–Crippen LogP) is 14.2. The molecular formula is C79H76BrCl6N16NaO11. The molecule has 0 bridgehead atoms. The topological polar surface area (TPSA) is 330 Å². The fourth-order valence-electron chi connectivity index (χ4n) is 12.0. The summed E-state index contributed by atoms with van der Waals surface area (Å²) in [4.78, 5) is 57.4. The van der Waals surface area contributed by atoms with E-state index in [1.165, 1.54) is 26.4 Å². The SMILES string of the molecule is CC#N.COc1cc2c(cc1-c1cn[nH]c1)-c1c(c(C(=O)N(C)C(C)(C)C)nn1-c1cc(Cl)cc(Cl)c1)CO2.COc1cc2c(cc1-c1cnn(C(N)=O)c1)-c1c(c(C(=O)N(C)C(C)(C)C)nn1-c1cc(Cl)cc(Cl)c1)CO2.COc1cc2c(cc1Br)-c1c(c(C(=O)N(C)C(C)(C)C)nn1-c1cc(Cl)cc(Cl)c1)CO2.N#C[O-].[Na+]. The van der Waals surface area contributed by atoms with Gasteiger partial charge in [0.2, 0.25) is 0 Å². The fraction of sp³-hybridized carbons (Fsp3) is 0.278. The van der Waals surface area contributed by atoms with E-state index < -0.39 is 17.1 Å². The zero-order valence-corrected chi connectivity index (χ0v) is 73.2. The summed E-state index contributed by atoms with van der Waals surface area (Å²) in [6, 6.07) is 27.6. The van der Waals surface area contributed by atoms with Gasteiger partial charge in [-0.1, -0.05) is 69.6 Å². The maximum absolute atomic E-state index is 13.7. The number of nitriles is 2. The summed E-state index contributed by atoms with van der Waals surface area (Å²) in [5.74, 6) is 2.91. The number of nitrogens with zero attached hydrogens (tertiary/aromatic N) is 14. The molecule has 0 unspecified atom stereocenters. The Balaban J connectivity index is 0.000000189. The summed E-state index contributed by atoms with van der Waals surface area (Å²) >= 11 is 41.5. The first kappa shape index (κ1) is 88.0. The number of primary amides is 1. The first-order chi connectivity index (χ1) is 53.3. The summed E-state index contributed by atoms with van der Waals surface area (Å²) in [7, 11) is 10.0. The average molecular weight is 1740 g/mol. The molecule has 3 aliphatic heterocycles. The fourth-order valence-corrected chi connectivity index (χ4v) is 14.0. The third-order valence-electron chi connectivity index (χ3n) is 18.4. The molecule has 14 rings (SSSR count). The van der Waals surface area contributed by atoms with Crippen LogP contribution in [0.5, 0.6) is 34.5 Å². The monoisotopic (exact) mass is 1740 g/mol. The van der Waals surface area contributed by atoms with E-state index in [1.54, 1.807) is 143 Å². The van der Waals surface area contributed by atoms with Crippen molar-refractivity contribution in [3.8, 4) is 120 Å². The zero-order chi connectivity index (χ0) is 82.8. The Hall–Kier alpha value is -9.95. The van der Waals surface area contributed by atoms with Crippen molar-refractivity contribution < 1.29 is 82.3 Å². The van der Waals surface area contributed by atoms with Gasteiger partial charge in [-0.2, -0.15) is 35.4 Å². The van der Waals surface area contributed by atoms with Crippen LogP contribution < -0.4 is 68.8 Å². The number of amides is 4. The molecule has 8 heterocycles. The van der Waals surface area contributed by atoms with Gasteiger partial charge in [-0.05, 0) is 151 Å². The Morgan fingerprint density at radius 3 is 1.11 bits per heavy atom. The molecule has 11 aromatic rings. The number of nitrogens with one attached hydrogen (secondary N) is 1. The Morgan fingerprint density at radius 1 is 0.518 bits per heavy atom. The first-order valence-electron chi connectivity index (χ1n) is 34.3. The summed E-state index contributed by atoms with van der Waals surface area (Å²) in [5.41, 5.74) is 16.1. The summed E-state index contributed by atoms with van der Waals surface area (Å²) in [6.07, 6.45) is 7.03. The molecule has 114 heavy (non-hydrogen) atoms. The van der Waals surface area contributed by atoms with Crippen molar-refractivity contribution in [2.24, 2.45) is 5.73 Å². The molecule has 0 aliphatic carbocycles. The molecular weight excluding hydrogens is 1660 g/mol. The van der Waals surface area contributed by atoms with Crippen LogP contribution in [0.3, 0.4) is 0 Å². The van der Waals surface area contributed by atoms with E-state index >= 15 is 0 Å². The van der Waals surface area contributed by atoms with E-state index in [0.717, 1.165) is 42.8 Å². The molecule has 3 N–H and O–H groups in total. The normalized spacial score (nSPS) is 11.9. The number of benzene rings is 6. The van der Waals surface area contributed by atoms with E-state index in [9.17, 15) is 19.2 Å². The average Bonchev–Trinajstić information content (AvgIpc) is 1.60. The molecule has 588 valence electrons. The number of halogens is 7. The van der Waals surface area contributed by atoms with E-state index in [0.29, 0.717) is 138 Å². The molecule has 0 saturated heterocycles. The van der Waals surface area contributed by atoms with Crippen LogP contribution in [0.4, 0.5) is 4.79 Å². The number of fused-ring (bicyclic) bond motifs is 9. The zero-order valence-electron chi connectivity index (χ0n) is 65.1. The minimum atomic E-state index is -0.717. The molecule has 0 radical (unpaired) electrons. The number of aromatic nitrogens is 10. The Labute approximate surface area is 718 Å². The number of nitrogens with two attached hydrogens (primary N) is 1. The molecule has 35 heteroatoms. The standard InChI is InChI=1S/C27H26Cl2N6O4.C26H25Cl2N5O3.C23H22BrCl2N3O3.C2H3N.CHNO.Na/c1-27(2,3)33(4)25(36)23-20-13-39-22-10-21(38-5)18(14-11-31-34(12-14)26(30)37)9-19(22)24(20)35(32-23)17-7-15(28)6-16(29)8-17;1-26(2,3)32(4)25(34)23-20-13-36-22-10-21(35-5)18(14-11-29-30-12-14)9-19(22)24(20)33(31-23)17-7-15(27)6-16(28)8-17;1-23(2,3)28(4)22(30)20-16-11-32-18-10-19(31-5)17(24)9-15(18)21(16)29(27-20)14-7-12(25)6-13(26)8-14;1-2-3;2-1-3;/h6-12H,13H2,1-5H3,(H2,30,37);6-12H,13H2,1-5H3,(H,29,30);6-10H,11H2,1-5H3;1H3;3H;/q;;;;;+1/p-1. The molecule has 5 aromatic heterocycles. The van der Waals surface area contributed by atoms with Gasteiger partial charge >= 0.3 is 35.6 Å². The Morgan fingerprint density at radius 2 is 0.825 bits per heavy atom. The van der Waals surface area contributed by atoms with E-state index in [4.69, 9.17) is 135 Å². The molecule has 6 aromatic carbocycles. The number of hydrogen-bond donors (Lipinski definition) is 2. The van der Waals surface area contributed by atoms with Gasteiger partial charge < -0.3 is 54.0 Å². The minimum absolute atomic E-state index is 0. The van der Waals surface area contributed by atoms with Gasteiger partial charge in [-0.25, -0.2) is 24.1 Å². The van der Waals surface area contributed by atoms with Gasteiger partial charge in [-0.3, -0.25) is 19.5 Å². The van der Waals surface area contributed by atoms with Crippen LogP contribution in [0.15, 0.2) is 120 Å². The molecule has 0 fully saturated rings. The van der Waals surface area contributed by atoms with Crippen molar-refractivity contribution in [3.63, 3.8) is 0 Å². The molecule has 0 saturated carbocycles. The summed E-state index contributed by atoms with van der Waals surface area (Å²) < 4.78 is 41.8. The number of methoxy groups -OCH3 is 3. The van der Waals surface area contributed by atoms with Gasteiger partial charge in [0.1, 0.15) is 54.3 Å². The second kappa shape index (κ2) is 35.8. The largest absolute Gasteiger partial charge is 1.00 e. The smallest absolute Gasteiger partial charge is 0.812 e. The van der Waals surface area contributed by atoms with Crippen molar-refractivity contribution in [1.29, 1.82) is 10.5 Å². The Bertz CT molecular complexity index is 5540. The van der Waals surface area contributed by atoms with Gasteiger partial charge in [0.15, 0.2) is 17.1 Å². The van der Waals surface area contributed by atoms with E-state index in [-0.39, 0.29) is 78.3 Å². The molecule has 27 nitrogen and oxygen atoms in total. The van der Waals surface area contributed by atoms with Gasteiger partial charge in [0, 0.05) is 167 Å². The van der Waals surface area contributed by atoms with Crippen LogP contribution in [0.25, 0.3) is 73.1 Å². The predicted molar refractivity (Wildman–Crippen MR) is 434 cm³/mol. The first-order valence-corrected chi connectivity index (χ1v) is 37.3. The maximum Gasteiger partial charge on any atom is 1.00 e.